The van der Waals surface area contributed by atoms with Crippen molar-refractivity contribution in [3.05, 3.63) is 0 Å². The molecular weight excluding hydrogens is 252 g/mol. The van der Waals surface area contributed by atoms with Gasteiger partial charge in [0.15, 0.2) is 0 Å². The van der Waals surface area contributed by atoms with E-state index in [0.29, 0.717) is 12.8 Å². The highest BCUT2D eigenvalue weighted by Crippen LogP contribution is 2.20. The fraction of sp³-hybridized carbons (Fsp3) is 0.917. The fourth-order valence-electron chi connectivity index (χ4n) is 2.80. The first kappa shape index (κ1) is 13.8. The highest BCUT2D eigenvalue weighted by Gasteiger charge is 2.31. The van der Waals surface area contributed by atoms with Crippen LogP contribution in [0.15, 0.2) is 0 Å². The molecule has 6 heteroatoms. The zero-order valence-corrected chi connectivity index (χ0v) is 11.7. The number of sulfone groups is 1. The lowest BCUT2D eigenvalue weighted by atomic mass is 9.97. The third-order valence-corrected chi connectivity index (χ3v) is 5.78. The Labute approximate surface area is 109 Å². The van der Waals surface area contributed by atoms with E-state index in [1.54, 1.807) is 4.90 Å². The molecule has 1 N–H and O–H groups in total. The van der Waals surface area contributed by atoms with E-state index in [0.717, 1.165) is 25.9 Å². The van der Waals surface area contributed by atoms with E-state index in [9.17, 15) is 13.2 Å². The molecule has 2 aliphatic rings. The second-order valence-corrected chi connectivity index (χ2v) is 7.68. The van der Waals surface area contributed by atoms with E-state index >= 15 is 0 Å². The first-order valence-electron chi connectivity index (χ1n) is 6.67. The van der Waals surface area contributed by atoms with Crippen molar-refractivity contribution in [2.75, 3.05) is 31.6 Å². The van der Waals surface area contributed by atoms with Crippen LogP contribution in [0.4, 0.5) is 0 Å². The molecule has 1 atom stereocenters. The van der Waals surface area contributed by atoms with E-state index in [1.807, 2.05) is 7.05 Å². The Hall–Kier alpha value is -0.620. The summed E-state index contributed by atoms with van der Waals surface area (Å²) in [4.78, 5) is 14.1. The van der Waals surface area contributed by atoms with E-state index in [2.05, 4.69) is 5.32 Å². The van der Waals surface area contributed by atoms with Crippen LogP contribution in [-0.4, -0.2) is 56.9 Å². The summed E-state index contributed by atoms with van der Waals surface area (Å²) in [6.07, 6.45) is 3.17. The van der Waals surface area contributed by atoms with Crippen molar-refractivity contribution in [1.29, 1.82) is 0 Å². The van der Waals surface area contributed by atoms with Gasteiger partial charge in [-0.25, -0.2) is 8.42 Å². The molecule has 2 aliphatic heterocycles. The van der Waals surface area contributed by atoms with Gasteiger partial charge in [0.25, 0.3) is 0 Å². The molecule has 2 fully saturated rings. The minimum absolute atomic E-state index is 0.0716. The topological polar surface area (TPSA) is 66.5 Å². The van der Waals surface area contributed by atoms with E-state index in [-0.39, 0.29) is 29.4 Å². The molecule has 18 heavy (non-hydrogen) atoms. The van der Waals surface area contributed by atoms with Gasteiger partial charge >= 0.3 is 0 Å². The zero-order chi connectivity index (χ0) is 13.2. The summed E-state index contributed by atoms with van der Waals surface area (Å²) in [6.45, 7) is 1.75. The minimum Gasteiger partial charge on any atom is -0.342 e. The Bertz CT molecular complexity index is 388. The molecule has 0 aliphatic carbocycles. The zero-order valence-electron chi connectivity index (χ0n) is 10.9. The Kier molecular flexibility index (Phi) is 4.27. The number of carbonyl (C=O) groups is 1. The summed E-state index contributed by atoms with van der Waals surface area (Å²) in [5, 5.41) is 3.24. The van der Waals surface area contributed by atoms with Crippen LogP contribution in [0.1, 0.15) is 25.7 Å². The standard InChI is InChI=1S/C12H22N2O3S/c1-14(11-4-7-18(16,17)8-5-11)12(15)10-3-2-6-13-9-10/h10-11,13H,2-9H2,1H3/t10-/m1/s1. The van der Waals surface area contributed by atoms with Crippen molar-refractivity contribution in [2.24, 2.45) is 5.92 Å². The molecule has 0 aromatic carbocycles. The normalized spacial score (nSPS) is 28.8. The third kappa shape index (κ3) is 3.23. The molecule has 5 nitrogen and oxygen atoms in total. The van der Waals surface area contributed by atoms with Gasteiger partial charge in [0, 0.05) is 19.6 Å². The number of hydrogen-bond donors (Lipinski definition) is 1. The predicted molar refractivity (Wildman–Crippen MR) is 70.0 cm³/mol. The smallest absolute Gasteiger partial charge is 0.226 e. The lowest BCUT2D eigenvalue weighted by Crippen LogP contribution is -2.47. The quantitative estimate of drug-likeness (QED) is 0.771. The van der Waals surface area contributed by atoms with Gasteiger partial charge in [-0.15, -0.1) is 0 Å². The number of hydrogen-bond acceptors (Lipinski definition) is 4. The summed E-state index contributed by atoms with van der Waals surface area (Å²) >= 11 is 0. The van der Waals surface area contributed by atoms with Gasteiger partial charge in [0.05, 0.1) is 17.4 Å². The van der Waals surface area contributed by atoms with Crippen LogP contribution in [-0.2, 0) is 14.6 Å². The van der Waals surface area contributed by atoms with Gasteiger partial charge in [-0.3, -0.25) is 4.79 Å². The average Bonchev–Trinajstić information content (AvgIpc) is 2.38. The molecule has 0 aromatic rings. The minimum atomic E-state index is -2.85. The Balaban J connectivity index is 1.90. The Morgan fingerprint density at radius 1 is 1.22 bits per heavy atom. The molecule has 1 amide bonds. The Morgan fingerprint density at radius 3 is 2.44 bits per heavy atom. The van der Waals surface area contributed by atoms with Crippen molar-refractivity contribution in [3.63, 3.8) is 0 Å². The molecule has 0 spiro atoms. The fourth-order valence-corrected chi connectivity index (χ4v) is 4.26. The summed E-state index contributed by atoms with van der Waals surface area (Å²) in [5.41, 5.74) is 0. The number of amides is 1. The predicted octanol–water partition coefficient (Wildman–Crippen LogP) is 0.0216. The molecule has 0 saturated carbocycles. The third-order valence-electron chi connectivity index (χ3n) is 4.07. The van der Waals surface area contributed by atoms with Crippen LogP contribution in [0.25, 0.3) is 0 Å². The number of carbonyl (C=O) groups excluding carboxylic acids is 1. The van der Waals surface area contributed by atoms with Crippen molar-refractivity contribution < 1.29 is 13.2 Å². The van der Waals surface area contributed by atoms with Gasteiger partial charge in [-0.2, -0.15) is 0 Å². The van der Waals surface area contributed by atoms with Gasteiger partial charge in [-0.05, 0) is 32.2 Å². The van der Waals surface area contributed by atoms with Crippen LogP contribution in [0.2, 0.25) is 0 Å². The highest BCUT2D eigenvalue weighted by molar-refractivity contribution is 7.91. The van der Waals surface area contributed by atoms with Gasteiger partial charge in [-0.1, -0.05) is 0 Å². The number of piperidine rings is 1. The second-order valence-electron chi connectivity index (χ2n) is 5.38. The Morgan fingerprint density at radius 2 is 1.89 bits per heavy atom. The summed E-state index contributed by atoms with van der Waals surface area (Å²) in [6, 6.07) is 0.1000. The molecule has 2 rings (SSSR count). The molecule has 2 heterocycles. The summed E-state index contributed by atoms with van der Waals surface area (Å²) < 4.78 is 22.8. The summed E-state index contributed by atoms with van der Waals surface area (Å²) in [5.74, 6) is 0.685. The lowest BCUT2D eigenvalue weighted by Gasteiger charge is -2.34. The van der Waals surface area contributed by atoms with Crippen LogP contribution >= 0.6 is 0 Å². The molecule has 0 unspecified atom stereocenters. The molecule has 104 valence electrons. The van der Waals surface area contributed by atoms with Crippen LogP contribution in [0.3, 0.4) is 0 Å². The van der Waals surface area contributed by atoms with Crippen LogP contribution < -0.4 is 5.32 Å². The molecule has 2 saturated heterocycles. The van der Waals surface area contributed by atoms with E-state index < -0.39 is 9.84 Å². The van der Waals surface area contributed by atoms with Crippen LogP contribution in [0, 0.1) is 5.92 Å². The number of nitrogens with one attached hydrogen (secondary N) is 1. The maximum Gasteiger partial charge on any atom is 0.226 e. The SMILES string of the molecule is CN(C(=O)[C@@H]1CCCNC1)C1CCS(=O)(=O)CC1. The molecule has 0 bridgehead atoms. The molecular formula is C12H22N2O3S. The highest BCUT2D eigenvalue weighted by atomic mass is 32.2. The van der Waals surface area contributed by atoms with Gasteiger partial charge in [0.1, 0.15) is 9.84 Å². The maximum atomic E-state index is 12.3. The first-order valence-corrected chi connectivity index (χ1v) is 8.49. The van der Waals surface area contributed by atoms with Gasteiger partial charge in [0.2, 0.25) is 5.91 Å². The van der Waals surface area contributed by atoms with Crippen LogP contribution in [0.5, 0.6) is 0 Å². The van der Waals surface area contributed by atoms with Crippen molar-refractivity contribution in [1.82, 2.24) is 10.2 Å². The maximum absolute atomic E-state index is 12.3. The lowest BCUT2D eigenvalue weighted by molar-refractivity contribution is -0.137. The van der Waals surface area contributed by atoms with Gasteiger partial charge < -0.3 is 10.2 Å². The van der Waals surface area contributed by atoms with E-state index in [1.165, 1.54) is 0 Å². The molecule has 0 aromatic heterocycles. The van der Waals surface area contributed by atoms with E-state index in [4.69, 9.17) is 0 Å². The van der Waals surface area contributed by atoms with Crippen molar-refractivity contribution in [2.45, 2.75) is 31.7 Å². The summed E-state index contributed by atoms with van der Waals surface area (Å²) in [7, 11) is -1.03. The van der Waals surface area contributed by atoms with Crippen molar-refractivity contribution in [3.8, 4) is 0 Å². The monoisotopic (exact) mass is 274 g/mol. The largest absolute Gasteiger partial charge is 0.342 e. The average molecular weight is 274 g/mol. The first-order chi connectivity index (χ1) is 8.49. The molecule has 0 radical (unpaired) electrons. The van der Waals surface area contributed by atoms with Crippen molar-refractivity contribution >= 4 is 15.7 Å². The number of nitrogens with zero attached hydrogens (tertiary/aromatic N) is 1. The second kappa shape index (κ2) is 5.57. The number of rotatable bonds is 2.